The Morgan fingerprint density at radius 3 is 2.80 bits per heavy atom. The van der Waals surface area contributed by atoms with E-state index >= 15 is 0 Å². The van der Waals surface area contributed by atoms with Gasteiger partial charge in [-0.25, -0.2) is 4.79 Å². The Labute approximate surface area is 116 Å². The molecule has 1 atom stereocenters. The van der Waals surface area contributed by atoms with Crippen molar-refractivity contribution >= 4 is 12.0 Å². The number of hydrogen-bond acceptors (Lipinski definition) is 5. The molecular formula is C12H18N4O4. The fourth-order valence-electron chi connectivity index (χ4n) is 2.34. The molecule has 8 heteroatoms. The van der Waals surface area contributed by atoms with Crippen LogP contribution in [0.5, 0.6) is 0 Å². The first-order valence-electron chi connectivity index (χ1n) is 6.52. The molecule has 8 nitrogen and oxygen atoms in total. The van der Waals surface area contributed by atoms with Gasteiger partial charge in [-0.05, 0) is 19.8 Å². The van der Waals surface area contributed by atoms with E-state index in [0.29, 0.717) is 31.1 Å². The molecule has 20 heavy (non-hydrogen) atoms. The van der Waals surface area contributed by atoms with Crippen LogP contribution in [0.3, 0.4) is 0 Å². The third-order valence-corrected chi connectivity index (χ3v) is 3.73. The second-order valence-electron chi connectivity index (χ2n) is 5.00. The second-order valence-corrected chi connectivity index (χ2v) is 5.00. The van der Waals surface area contributed by atoms with Crippen molar-refractivity contribution in [3.63, 3.8) is 0 Å². The zero-order valence-electron chi connectivity index (χ0n) is 11.5. The zero-order chi connectivity index (χ0) is 14.8. The summed E-state index contributed by atoms with van der Waals surface area (Å²) in [5.74, 6) is -0.0100. The van der Waals surface area contributed by atoms with Gasteiger partial charge in [0, 0.05) is 13.1 Å². The van der Waals surface area contributed by atoms with E-state index < -0.39 is 11.4 Å². The SMILES string of the molecule is CCC1(C(=O)O)CCN(C(=O)NCc2nc(C)no2)C1. The van der Waals surface area contributed by atoms with Crippen LogP contribution < -0.4 is 5.32 Å². The lowest BCUT2D eigenvalue weighted by molar-refractivity contribution is -0.148. The highest BCUT2D eigenvalue weighted by Gasteiger charge is 2.44. The van der Waals surface area contributed by atoms with Gasteiger partial charge in [-0.3, -0.25) is 4.79 Å². The quantitative estimate of drug-likeness (QED) is 0.844. The van der Waals surface area contributed by atoms with Crippen molar-refractivity contribution in [3.05, 3.63) is 11.7 Å². The van der Waals surface area contributed by atoms with Gasteiger partial charge >= 0.3 is 12.0 Å². The molecule has 1 unspecified atom stereocenters. The van der Waals surface area contributed by atoms with Gasteiger partial charge in [-0.1, -0.05) is 12.1 Å². The number of nitrogens with one attached hydrogen (secondary N) is 1. The molecule has 2 amide bonds. The molecule has 0 spiro atoms. The summed E-state index contributed by atoms with van der Waals surface area (Å²) in [5.41, 5.74) is -0.821. The molecule has 1 aliphatic heterocycles. The number of aliphatic carboxylic acids is 1. The lowest BCUT2D eigenvalue weighted by atomic mass is 9.84. The highest BCUT2D eigenvalue weighted by Crippen LogP contribution is 2.34. The number of nitrogens with zero attached hydrogens (tertiary/aromatic N) is 3. The molecular weight excluding hydrogens is 264 g/mol. The van der Waals surface area contributed by atoms with Gasteiger partial charge in [0.1, 0.15) is 0 Å². The van der Waals surface area contributed by atoms with E-state index in [1.54, 1.807) is 6.92 Å². The number of amides is 2. The van der Waals surface area contributed by atoms with Crippen molar-refractivity contribution in [2.24, 2.45) is 5.41 Å². The minimum Gasteiger partial charge on any atom is -0.481 e. The normalized spacial score (nSPS) is 22.0. The number of urea groups is 1. The van der Waals surface area contributed by atoms with Crippen LogP contribution in [0.15, 0.2) is 4.52 Å². The molecule has 110 valence electrons. The van der Waals surface area contributed by atoms with Crippen LogP contribution in [-0.4, -0.2) is 45.2 Å². The number of aromatic nitrogens is 2. The summed E-state index contributed by atoms with van der Waals surface area (Å²) in [6.45, 7) is 4.33. The molecule has 0 bridgehead atoms. The van der Waals surface area contributed by atoms with Crippen LogP contribution in [0.4, 0.5) is 4.79 Å². The minimum absolute atomic E-state index is 0.141. The maximum absolute atomic E-state index is 12.0. The Balaban J connectivity index is 1.90. The first-order chi connectivity index (χ1) is 9.47. The van der Waals surface area contributed by atoms with Crippen molar-refractivity contribution < 1.29 is 19.2 Å². The maximum Gasteiger partial charge on any atom is 0.317 e. The van der Waals surface area contributed by atoms with Crippen LogP contribution in [-0.2, 0) is 11.3 Å². The van der Waals surface area contributed by atoms with Crippen LogP contribution in [0.1, 0.15) is 31.5 Å². The van der Waals surface area contributed by atoms with Gasteiger partial charge in [0.05, 0.1) is 12.0 Å². The molecule has 2 rings (SSSR count). The number of carboxylic acid groups (broad SMARTS) is 1. The van der Waals surface area contributed by atoms with Gasteiger partial charge in [0.25, 0.3) is 0 Å². The van der Waals surface area contributed by atoms with Gasteiger partial charge < -0.3 is 19.8 Å². The average Bonchev–Trinajstić information content (AvgIpc) is 3.03. The molecule has 1 fully saturated rings. The van der Waals surface area contributed by atoms with Gasteiger partial charge in [0.2, 0.25) is 5.89 Å². The fraction of sp³-hybridized carbons (Fsp3) is 0.667. The molecule has 0 saturated carbocycles. The third-order valence-electron chi connectivity index (χ3n) is 3.73. The molecule has 1 aliphatic rings. The predicted molar refractivity (Wildman–Crippen MR) is 67.8 cm³/mol. The van der Waals surface area contributed by atoms with Gasteiger partial charge in [-0.2, -0.15) is 4.98 Å². The fourth-order valence-corrected chi connectivity index (χ4v) is 2.34. The topological polar surface area (TPSA) is 109 Å². The zero-order valence-corrected chi connectivity index (χ0v) is 11.5. The smallest absolute Gasteiger partial charge is 0.317 e. The highest BCUT2D eigenvalue weighted by molar-refractivity contribution is 5.79. The van der Waals surface area contributed by atoms with Crippen LogP contribution in [0.25, 0.3) is 0 Å². The largest absolute Gasteiger partial charge is 0.481 e. The average molecular weight is 282 g/mol. The van der Waals surface area contributed by atoms with Crippen molar-refractivity contribution in [1.82, 2.24) is 20.4 Å². The lowest BCUT2D eigenvalue weighted by Crippen LogP contribution is -2.41. The molecule has 2 N–H and O–H groups in total. The molecule has 1 saturated heterocycles. The van der Waals surface area contributed by atoms with E-state index in [0.717, 1.165) is 0 Å². The number of rotatable bonds is 4. The summed E-state index contributed by atoms with van der Waals surface area (Å²) in [6, 6.07) is -0.308. The maximum atomic E-state index is 12.0. The van der Waals surface area contributed by atoms with E-state index in [-0.39, 0.29) is 19.1 Å². The summed E-state index contributed by atoms with van der Waals surface area (Å²) in [7, 11) is 0. The third kappa shape index (κ3) is 2.73. The Morgan fingerprint density at radius 1 is 1.55 bits per heavy atom. The molecule has 0 aromatic carbocycles. The summed E-state index contributed by atoms with van der Waals surface area (Å²) in [6.07, 6.45) is 0.987. The van der Waals surface area contributed by atoms with E-state index in [1.165, 1.54) is 4.90 Å². The molecule has 0 aliphatic carbocycles. The van der Waals surface area contributed by atoms with Crippen molar-refractivity contribution in [2.45, 2.75) is 33.2 Å². The van der Waals surface area contributed by atoms with Crippen molar-refractivity contribution in [3.8, 4) is 0 Å². The van der Waals surface area contributed by atoms with E-state index in [9.17, 15) is 14.7 Å². The Kier molecular flexibility index (Phi) is 3.91. The molecule has 1 aromatic rings. The first kappa shape index (κ1) is 14.3. The van der Waals surface area contributed by atoms with Crippen LogP contribution in [0.2, 0.25) is 0 Å². The van der Waals surface area contributed by atoms with Crippen LogP contribution >= 0.6 is 0 Å². The van der Waals surface area contributed by atoms with Crippen LogP contribution in [0, 0.1) is 12.3 Å². The monoisotopic (exact) mass is 282 g/mol. The summed E-state index contributed by atoms with van der Waals surface area (Å²) >= 11 is 0. The molecule has 2 heterocycles. The van der Waals surface area contributed by atoms with Gasteiger partial charge in [-0.15, -0.1) is 0 Å². The second kappa shape index (κ2) is 5.48. The lowest BCUT2D eigenvalue weighted by Gasteiger charge is -2.23. The van der Waals surface area contributed by atoms with E-state index in [1.807, 2.05) is 6.92 Å². The Bertz CT molecular complexity index is 515. The first-order valence-corrected chi connectivity index (χ1v) is 6.52. The number of hydrogen-bond donors (Lipinski definition) is 2. The Morgan fingerprint density at radius 2 is 2.30 bits per heavy atom. The van der Waals surface area contributed by atoms with Gasteiger partial charge in [0.15, 0.2) is 5.82 Å². The molecule has 0 radical (unpaired) electrons. The Hall–Kier alpha value is -2.12. The van der Waals surface area contributed by atoms with Crippen molar-refractivity contribution in [1.29, 1.82) is 0 Å². The summed E-state index contributed by atoms with van der Waals surface area (Å²) in [5, 5.41) is 15.6. The number of aryl methyl sites for hydroxylation is 1. The molecule has 1 aromatic heterocycles. The number of carboxylic acids is 1. The minimum atomic E-state index is -0.845. The number of carbonyl (C=O) groups is 2. The summed E-state index contributed by atoms with van der Waals surface area (Å²) < 4.78 is 4.89. The van der Waals surface area contributed by atoms with Crippen molar-refractivity contribution in [2.75, 3.05) is 13.1 Å². The van der Waals surface area contributed by atoms with E-state index in [2.05, 4.69) is 15.5 Å². The summed E-state index contributed by atoms with van der Waals surface area (Å²) in [4.78, 5) is 28.8. The number of carbonyl (C=O) groups excluding carboxylic acids is 1. The van der Waals surface area contributed by atoms with E-state index in [4.69, 9.17) is 4.52 Å². The standard InChI is InChI=1S/C12H18N4O4/c1-3-12(10(17)18)4-5-16(7-12)11(19)13-6-9-14-8(2)15-20-9/h3-7H2,1-2H3,(H,13,19)(H,17,18). The highest BCUT2D eigenvalue weighted by atomic mass is 16.5. The predicted octanol–water partition coefficient (Wildman–Crippen LogP) is 0.774. The number of likely N-dealkylation sites (tertiary alicyclic amines) is 1.